The molecule has 2 aromatic carbocycles. The molecule has 0 saturated heterocycles. The summed E-state index contributed by atoms with van der Waals surface area (Å²) in [6.45, 7) is 1.26. The number of carbonyl (C=O) groups excluding carboxylic acids is 1. The van der Waals surface area contributed by atoms with Crippen LogP contribution >= 0.6 is 0 Å². The third kappa shape index (κ3) is 5.06. The minimum Gasteiger partial charge on any atom is -0.310 e. The average molecular weight is 373 g/mol. The molecule has 142 valence electrons. The number of carbonyl (C=O) groups is 1. The summed E-state index contributed by atoms with van der Waals surface area (Å²) in [5.41, 5.74) is 2.84. The molecule has 28 heavy (non-hydrogen) atoms. The summed E-state index contributed by atoms with van der Waals surface area (Å²) in [5, 5.41) is 13.3. The van der Waals surface area contributed by atoms with Gasteiger partial charge in [0.25, 0.3) is 0 Å². The van der Waals surface area contributed by atoms with Crippen LogP contribution in [0.5, 0.6) is 0 Å². The second kappa shape index (κ2) is 9.49. The van der Waals surface area contributed by atoms with Crippen LogP contribution < -0.4 is 4.90 Å². The number of benzene rings is 2. The summed E-state index contributed by atoms with van der Waals surface area (Å²) < 4.78 is 1.83. The Balaban J connectivity index is 1.63. The van der Waals surface area contributed by atoms with Crippen molar-refractivity contribution in [1.29, 1.82) is 5.26 Å². The molecule has 6 heteroatoms. The zero-order chi connectivity index (χ0) is 19.8. The monoisotopic (exact) mass is 373 g/mol. The Morgan fingerprint density at radius 1 is 1.11 bits per heavy atom. The second-order valence-corrected chi connectivity index (χ2v) is 6.59. The maximum Gasteiger partial charge on any atom is 0.241 e. The average Bonchev–Trinajstić information content (AvgIpc) is 3.18. The lowest BCUT2D eigenvalue weighted by atomic mass is 10.2. The van der Waals surface area contributed by atoms with E-state index >= 15 is 0 Å². The standard InChI is InChI=1S/C22H23N5O/c1-25(16-19-15-24-27(17-19)21-11-6-3-7-12-21)18-22(28)26(14-8-13-23)20-9-4-2-5-10-20/h2-7,9-12,15,17H,8,14,16,18H2,1H3. The number of para-hydroxylation sites is 2. The van der Waals surface area contributed by atoms with E-state index in [4.69, 9.17) is 5.26 Å². The van der Waals surface area contributed by atoms with Gasteiger partial charge in [-0.05, 0) is 31.3 Å². The molecule has 1 amide bonds. The summed E-state index contributed by atoms with van der Waals surface area (Å²) in [7, 11) is 1.91. The number of anilines is 1. The molecule has 3 rings (SSSR count). The number of nitrogens with zero attached hydrogens (tertiary/aromatic N) is 5. The molecule has 6 nitrogen and oxygen atoms in total. The lowest BCUT2D eigenvalue weighted by Gasteiger charge is -2.24. The first kappa shape index (κ1) is 19.3. The predicted molar refractivity (Wildman–Crippen MR) is 109 cm³/mol. The Morgan fingerprint density at radius 2 is 1.79 bits per heavy atom. The molecule has 0 bridgehead atoms. The van der Waals surface area contributed by atoms with Crippen molar-refractivity contribution in [2.45, 2.75) is 13.0 Å². The molecule has 0 aliphatic rings. The number of hydrogen-bond donors (Lipinski definition) is 0. The number of hydrogen-bond acceptors (Lipinski definition) is 4. The molecule has 0 fully saturated rings. The first-order valence-electron chi connectivity index (χ1n) is 9.17. The third-order valence-corrected chi connectivity index (χ3v) is 4.33. The number of nitriles is 1. The second-order valence-electron chi connectivity index (χ2n) is 6.59. The Morgan fingerprint density at radius 3 is 2.46 bits per heavy atom. The molecule has 0 unspecified atom stereocenters. The highest BCUT2D eigenvalue weighted by atomic mass is 16.2. The van der Waals surface area contributed by atoms with E-state index in [2.05, 4.69) is 11.2 Å². The van der Waals surface area contributed by atoms with Crippen molar-refractivity contribution in [3.8, 4) is 11.8 Å². The Bertz CT molecular complexity index is 930. The van der Waals surface area contributed by atoms with Gasteiger partial charge in [-0.2, -0.15) is 10.4 Å². The number of aromatic nitrogens is 2. The predicted octanol–water partition coefficient (Wildman–Crippen LogP) is 3.25. The van der Waals surface area contributed by atoms with E-state index in [0.717, 1.165) is 16.9 Å². The molecule has 3 aromatic rings. The van der Waals surface area contributed by atoms with Crippen molar-refractivity contribution in [3.05, 3.63) is 78.6 Å². The zero-order valence-corrected chi connectivity index (χ0v) is 15.9. The molecule has 0 aliphatic heterocycles. The van der Waals surface area contributed by atoms with Crippen LogP contribution in [0, 0.1) is 11.3 Å². The van der Waals surface area contributed by atoms with Crippen LogP contribution in [0.25, 0.3) is 5.69 Å². The van der Waals surface area contributed by atoms with E-state index in [9.17, 15) is 4.79 Å². The zero-order valence-electron chi connectivity index (χ0n) is 15.9. The molecule has 0 radical (unpaired) electrons. The number of amides is 1. The molecular weight excluding hydrogens is 350 g/mol. The van der Waals surface area contributed by atoms with Gasteiger partial charge in [0.1, 0.15) is 0 Å². The molecular formula is C22H23N5O. The fraction of sp³-hybridized carbons (Fsp3) is 0.227. The SMILES string of the molecule is CN(CC(=O)N(CCC#N)c1ccccc1)Cc1cnn(-c2ccccc2)c1. The minimum absolute atomic E-state index is 0.0283. The van der Waals surface area contributed by atoms with Crippen LogP contribution in [0.1, 0.15) is 12.0 Å². The van der Waals surface area contributed by atoms with Gasteiger partial charge < -0.3 is 4.90 Å². The van der Waals surface area contributed by atoms with Crippen LogP contribution in [0.3, 0.4) is 0 Å². The lowest BCUT2D eigenvalue weighted by molar-refractivity contribution is -0.119. The van der Waals surface area contributed by atoms with Gasteiger partial charge in [-0.25, -0.2) is 4.68 Å². The van der Waals surface area contributed by atoms with E-state index < -0.39 is 0 Å². The normalized spacial score (nSPS) is 10.6. The topological polar surface area (TPSA) is 65.2 Å². The highest BCUT2D eigenvalue weighted by molar-refractivity contribution is 5.94. The van der Waals surface area contributed by atoms with Crippen molar-refractivity contribution in [2.24, 2.45) is 0 Å². The summed E-state index contributed by atoms with van der Waals surface area (Å²) >= 11 is 0. The molecule has 0 saturated carbocycles. The van der Waals surface area contributed by atoms with Crippen LogP contribution in [0.4, 0.5) is 5.69 Å². The van der Waals surface area contributed by atoms with Crippen molar-refractivity contribution in [1.82, 2.24) is 14.7 Å². The van der Waals surface area contributed by atoms with Gasteiger partial charge in [0.2, 0.25) is 5.91 Å². The highest BCUT2D eigenvalue weighted by Crippen LogP contribution is 2.15. The highest BCUT2D eigenvalue weighted by Gasteiger charge is 2.17. The fourth-order valence-corrected chi connectivity index (χ4v) is 3.02. The van der Waals surface area contributed by atoms with E-state index in [1.807, 2.05) is 89.7 Å². The quantitative estimate of drug-likeness (QED) is 0.608. The van der Waals surface area contributed by atoms with Crippen molar-refractivity contribution in [3.63, 3.8) is 0 Å². The van der Waals surface area contributed by atoms with E-state index in [1.165, 1.54) is 0 Å². The van der Waals surface area contributed by atoms with Crippen molar-refractivity contribution in [2.75, 3.05) is 25.0 Å². The maximum atomic E-state index is 12.8. The lowest BCUT2D eigenvalue weighted by Crippen LogP contribution is -2.39. The van der Waals surface area contributed by atoms with Crippen LogP contribution in [0.2, 0.25) is 0 Å². The summed E-state index contributed by atoms with van der Waals surface area (Å²) in [5.74, 6) is -0.0283. The third-order valence-electron chi connectivity index (χ3n) is 4.33. The van der Waals surface area contributed by atoms with Gasteiger partial charge in [-0.15, -0.1) is 0 Å². The Kier molecular flexibility index (Phi) is 6.55. The molecule has 1 aromatic heterocycles. The van der Waals surface area contributed by atoms with E-state index in [-0.39, 0.29) is 12.5 Å². The Labute approximate surface area is 165 Å². The van der Waals surface area contributed by atoms with Crippen LogP contribution in [0.15, 0.2) is 73.1 Å². The minimum atomic E-state index is -0.0283. The summed E-state index contributed by atoms with van der Waals surface area (Å²) in [4.78, 5) is 16.5. The van der Waals surface area contributed by atoms with Gasteiger partial charge in [0.15, 0.2) is 0 Å². The van der Waals surface area contributed by atoms with Gasteiger partial charge in [-0.3, -0.25) is 9.69 Å². The van der Waals surface area contributed by atoms with Gasteiger partial charge >= 0.3 is 0 Å². The molecule has 0 spiro atoms. The van der Waals surface area contributed by atoms with Crippen molar-refractivity contribution >= 4 is 11.6 Å². The largest absolute Gasteiger partial charge is 0.310 e. The number of rotatable bonds is 8. The van der Waals surface area contributed by atoms with Crippen LogP contribution in [-0.4, -0.2) is 40.7 Å². The van der Waals surface area contributed by atoms with Gasteiger partial charge in [0.05, 0.1) is 30.9 Å². The maximum absolute atomic E-state index is 12.8. The molecule has 1 heterocycles. The summed E-state index contributed by atoms with van der Waals surface area (Å²) in [6, 6.07) is 21.5. The van der Waals surface area contributed by atoms with E-state index in [0.29, 0.717) is 19.5 Å². The first-order chi connectivity index (χ1) is 13.7. The molecule has 0 atom stereocenters. The molecule has 0 N–H and O–H groups in total. The fourth-order valence-electron chi connectivity index (χ4n) is 3.02. The van der Waals surface area contributed by atoms with Crippen LogP contribution in [-0.2, 0) is 11.3 Å². The van der Waals surface area contributed by atoms with E-state index in [1.54, 1.807) is 4.90 Å². The first-order valence-corrected chi connectivity index (χ1v) is 9.17. The smallest absolute Gasteiger partial charge is 0.241 e. The van der Waals surface area contributed by atoms with Crippen molar-refractivity contribution < 1.29 is 4.79 Å². The van der Waals surface area contributed by atoms with Gasteiger partial charge in [-0.1, -0.05) is 36.4 Å². The van der Waals surface area contributed by atoms with Gasteiger partial charge in [0, 0.05) is 30.5 Å². The molecule has 0 aliphatic carbocycles. The number of likely N-dealkylation sites (N-methyl/N-ethyl adjacent to an activating group) is 1. The summed E-state index contributed by atoms with van der Waals surface area (Å²) in [6.07, 6.45) is 4.09. The Hall–Kier alpha value is -3.43.